The summed E-state index contributed by atoms with van der Waals surface area (Å²) in [4.78, 5) is 17.3. The van der Waals surface area contributed by atoms with Crippen molar-refractivity contribution in [1.82, 2.24) is 9.88 Å². The number of hydrogen-bond donors (Lipinski definition) is 0. The van der Waals surface area contributed by atoms with Gasteiger partial charge in [0.1, 0.15) is 17.5 Å². The summed E-state index contributed by atoms with van der Waals surface area (Å²) >= 11 is 0. The van der Waals surface area contributed by atoms with Crippen LogP contribution in [0, 0.1) is 0 Å². The standard InChI is InChI=1S/C17H15F3N2O3/c1-24-12-5-2-4-11(8-12)16(23)22-9-13(10-22)25-15-7-3-6-14(21-15)17(18,19)20/h2-8,13H,9-10H2,1H3. The number of nitrogens with zero attached hydrogens (tertiary/aromatic N) is 2. The van der Waals surface area contributed by atoms with Crippen LogP contribution in [-0.2, 0) is 6.18 Å². The molecular weight excluding hydrogens is 337 g/mol. The highest BCUT2D eigenvalue weighted by atomic mass is 19.4. The molecule has 0 atom stereocenters. The van der Waals surface area contributed by atoms with Crippen molar-refractivity contribution in [2.45, 2.75) is 12.3 Å². The number of carbonyl (C=O) groups excluding carboxylic acids is 1. The molecule has 0 aliphatic carbocycles. The molecule has 5 nitrogen and oxygen atoms in total. The van der Waals surface area contributed by atoms with E-state index in [1.165, 1.54) is 19.2 Å². The van der Waals surface area contributed by atoms with Crippen molar-refractivity contribution in [1.29, 1.82) is 0 Å². The smallest absolute Gasteiger partial charge is 0.433 e. The van der Waals surface area contributed by atoms with Crippen LogP contribution in [0.15, 0.2) is 42.5 Å². The first-order valence-electron chi connectivity index (χ1n) is 7.51. The first-order valence-corrected chi connectivity index (χ1v) is 7.51. The van der Waals surface area contributed by atoms with Crippen molar-refractivity contribution < 1.29 is 27.4 Å². The molecule has 8 heteroatoms. The zero-order chi connectivity index (χ0) is 18.0. The average molecular weight is 352 g/mol. The lowest BCUT2D eigenvalue weighted by molar-refractivity contribution is -0.141. The summed E-state index contributed by atoms with van der Waals surface area (Å²) < 4.78 is 48.4. The van der Waals surface area contributed by atoms with Gasteiger partial charge >= 0.3 is 6.18 Å². The maximum Gasteiger partial charge on any atom is 0.433 e. The highest BCUT2D eigenvalue weighted by Gasteiger charge is 2.35. The number of carbonyl (C=O) groups is 1. The summed E-state index contributed by atoms with van der Waals surface area (Å²) in [6.45, 7) is 0.571. The lowest BCUT2D eigenvalue weighted by Gasteiger charge is -2.38. The van der Waals surface area contributed by atoms with Gasteiger partial charge in [0.25, 0.3) is 5.91 Å². The maximum atomic E-state index is 12.6. The fourth-order valence-corrected chi connectivity index (χ4v) is 2.43. The Morgan fingerprint density at radius 3 is 2.60 bits per heavy atom. The van der Waals surface area contributed by atoms with E-state index >= 15 is 0 Å². The van der Waals surface area contributed by atoms with E-state index in [1.807, 2.05) is 0 Å². The predicted octanol–water partition coefficient (Wildman–Crippen LogP) is 3.01. The van der Waals surface area contributed by atoms with Crippen molar-refractivity contribution in [2.24, 2.45) is 0 Å². The highest BCUT2D eigenvalue weighted by Crippen LogP contribution is 2.29. The molecule has 2 heterocycles. The van der Waals surface area contributed by atoms with Gasteiger partial charge in [-0.2, -0.15) is 13.2 Å². The topological polar surface area (TPSA) is 51.7 Å². The number of methoxy groups -OCH3 is 1. The molecule has 0 radical (unpaired) electrons. The van der Waals surface area contributed by atoms with Crippen LogP contribution in [0.1, 0.15) is 16.1 Å². The Labute approximate surface area is 142 Å². The fourth-order valence-electron chi connectivity index (χ4n) is 2.43. The number of amides is 1. The minimum absolute atomic E-state index is 0.103. The summed E-state index contributed by atoms with van der Waals surface area (Å²) in [5, 5.41) is 0. The molecule has 1 aliphatic rings. The number of ether oxygens (including phenoxy) is 2. The third-order valence-corrected chi connectivity index (χ3v) is 3.75. The van der Waals surface area contributed by atoms with Gasteiger partial charge in [-0.1, -0.05) is 12.1 Å². The lowest BCUT2D eigenvalue weighted by Crippen LogP contribution is -2.56. The van der Waals surface area contributed by atoms with Gasteiger partial charge in [-0.3, -0.25) is 4.79 Å². The first kappa shape index (κ1) is 17.1. The first-order chi connectivity index (χ1) is 11.9. The van der Waals surface area contributed by atoms with Crippen LogP contribution in [0.2, 0.25) is 0 Å². The van der Waals surface area contributed by atoms with E-state index in [0.717, 1.165) is 6.07 Å². The average Bonchev–Trinajstić information content (AvgIpc) is 2.57. The molecule has 2 aromatic rings. The molecule has 25 heavy (non-hydrogen) atoms. The Balaban J connectivity index is 1.58. The van der Waals surface area contributed by atoms with Crippen LogP contribution in [0.3, 0.4) is 0 Å². The monoisotopic (exact) mass is 352 g/mol. The SMILES string of the molecule is COc1cccc(C(=O)N2CC(Oc3cccc(C(F)(F)F)n3)C2)c1. The van der Waals surface area contributed by atoms with Gasteiger partial charge in [0, 0.05) is 11.6 Å². The summed E-state index contributed by atoms with van der Waals surface area (Å²) in [7, 11) is 1.51. The molecule has 1 saturated heterocycles. The fraction of sp³-hybridized carbons (Fsp3) is 0.294. The number of hydrogen-bond acceptors (Lipinski definition) is 4. The second-order valence-electron chi connectivity index (χ2n) is 5.54. The molecule has 0 N–H and O–H groups in total. The highest BCUT2D eigenvalue weighted by molar-refractivity contribution is 5.95. The summed E-state index contributed by atoms with van der Waals surface area (Å²) in [5.74, 6) is 0.288. The Morgan fingerprint density at radius 1 is 1.20 bits per heavy atom. The quantitative estimate of drug-likeness (QED) is 0.849. The predicted molar refractivity (Wildman–Crippen MR) is 82.6 cm³/mol. The Kier molecular flexibility index (Phi) is 4.52. The second-order valence-corrected chi connectivity index (χ2v) is 5.54. The van der Waals surface area contributed by atoms with Crippen molar-refractivity contribution in [3.63, 3.8) is 0 Å². The molecule has 0 saturated carbocycles. The molecule has 1 aromatic carbocycles. The van der Waals surface area contributed by atoms with E-state index in [9.17, 15) is 18.0 Å². The van der Waals surface area contributed by atoms with Gasteiger partial charge in [-0.15, -0.1) is 0 Å². The Hall–Kier alpha value is -2.77. The van der Waals surface area contributed by atoms with Gasteiger partial charge < -0.3 is 14.4 Å². The number of benzene rings is 1. The lowest BCUT2D eigenvalue weighted by atomic mass is 10.1. The van der Waals surface area contributed by atoms with E-state index in [-0.39, 0.29) is 31.0 Å². The Bertz CT molecular complexity index is 774. The van der Waals surface area contributed by atoms with Crippen molar-refractivity contribution >= 4 is 5.91 Å². The molecule has 132 valence electrons. The van der Waals surface area contributed by atoms with E-state index < -0.39 is 11.9 Å². The van der Waals surface area contributed by atoms with Crippen LogP contribution in [0.25, 0.3) is 0 Å². The molecule has 1 amide bonds. The second kappa shape index (κ2) is 6.62. The third-order valence-electron chi connectivity index (χ3n) is 3.75. The zero-order valence-corrected chi connectivity index (χ0v) is 13.3. The molecular formula is C17H15F3N2O3. The van der Waals surface area contributed by atoms with Gasteiger partial charge in [0.15, 0.2) is 0 Å². The summed E-state index contributed by atoms with van der Waals surface area (Å²) in [5.41, 5.74) is -0.524. The summed E-state index contributed by atoms with van der Waals surface area (Å²) in [6, 6.07) is 10.2. The van der Waals surface area contributed by atoms with Gasteiger partial charge in [-0.05, 0) is 24.3 Å². The largest absolute Gasteiger partial charge is 0.497 e. The van der Waals surface area contributed by atoms with Crippen LogP contribution >= 0.6 is 0 Å². The van der Waals surface area contributed by atoms with Crippen molar-refractivity contribution in [2.75, 3.05) is 20.2 Å². The molecule has 1 aliphatic heterocycles. The number of rotatable bonds is 4. The number of likely N-dealkylation sites (tertiary alicyclic amines) is 1. The van der Waals surface area contributed by atoms with Crippen molar-refractivity contribution in [3.05, 3.63) is 53.7 Å². The molecule has 3 rings (SSSR count). The number of aromatic nitrogens is 1. The minimum Gasteiger partial charge on any atom is -0.497 e. The molecule has 1 aromatic heterocycles. The van der Waals surface area contributed by atoms with Crippen LogP contribution in [0.5, 0.6) is 11.6 Å². The van der Waals surface area contributed by atoms with E-state index in [0.29, 0.717) is 11.3 Å². The van der Waals surface area contributed by atoms with Crippen LogP contribution < -0.4 is 9.47 Å². The van der Waals surface area contributed by atoms with Gasteiger partial charge in [0.2, 0.25) is 5.88 Å². The van der Waals surface area contributed by atoms with E-state index in [4.69, 9.17) is 9.47 Å². The molecule has 0 spiro atoms. The Morgan fingerprint density at radius 2 is 1.92 bits per heavy atom. The van der Waals surface area contributed by atoms with E-state index in [2.05, 4.69) is 4.98 Å². The van der Waals surface area contributed by atoms with Gasteiger partial charge in [-0.25, -0.2) is 4.98 Å². The minimum atomic E-state index is -4.52. The number of pyridine rings is 1. The molecule has 0 unspecified atom stereocenters. The summed E-state index contributed by atoms with van der Waals surface area (Å²) in [6.07, 6.45) is -4.90. The number of halogens is 3. The number of alkyl halides is 3. The zero-order valence-electron chi connectivity index (χ0n) is 13.3. The maximum absolute atomic E-state index is 12.6. The van der Waals surface area contributed by atoms with Gasteiger partial charge in [0.05, 0.1) is 20.2 Å². The van der Waals surface area contributed by atoms with Crippen LogP contribution in [0.4, 0.5) is 13.2 Å². The normalized spacial score (nSPS) is 14.8. The molecule has 0 bridgehead atoms. The van der Waals surface area contributed by atoms with Crippen molar-refractivity contribution in [3.8, 4) is 11.6 Å². The van der Waals surface area contributed by atoms with Crippen LogP contribution in [-0.4, -0.2) is 42.1 Å². The molecule has 1 fully saturated rings. The van der Waals surface area contributed by atoms with E-state index in [1.54, 1.807) is 29.2 Å². The third kappa shape index (κ3) is 3.84.